The molecule has 0 radical (unpaired) electrons. The molecular weight excluding hydrogens is 228 g/mol. The number of nitrogens with zero attached hydrogens (tertiary/aromatic N) is 2. The van der Waals surface area contributed by atoms with Crippen molar-refractivity contribution < 1.29 is 4.74 Å². The summed E-state index contributed by atoms with van der Waals surface area (Å²) in [6.07, 6.45) is 2.63. The first-order valence-electron chi connectivity index (χ1n) is 6.36. The average molecular weight is 252 g/mol. The Morgan fingerprint density at radius 1 is 1.44 bits per heavy atom. The summed E-state index contributed by atoms with van der Waals surface area (Å²) in [5, 5.41) is 3.14. The van der Waals surface area contributed by atoms with Crippen LogP contribution in [0.5, 0.6) is 5.88 Å². The Morgan fingerprint density at radius 2 is 2.17 bits per heavy atom. The van der Waals surface area contributed by atoms with Crippen molar-refractivity contribution in [1.29, 1.82) is 0 Å². The van der Waals surface area contributed by atoms with Gasteiger partial charge in [-0.3, -0.25) is 0 Å². The molecule has 0 aliphatic rings. The van der Waals surface area contributed by atoms with E-state index in [0.717, 1.165) is 6.42 Å². The summed E-state index contributed by atoms with van der Waals surface area (Å²) in [5.74, 6) is 1.14. The molecule has 5 nitrogen and oxygen atoms in total. The molecule has 1 atom stereocenters. The molecule has 0 bridgehead atoms. The molecule has 0 saturated heterocycles. The zero-order chi connectivity index (χ0) is 13.6. The number of hydrogen-bond acceptors (Lipinski definition) is 5. The van der Waals surface area contributed by atoms with Crippen molar-refractivity contribution in [1.82, 2.24) is 9.97 Å². The lowest BCUT2D eigenvalue weighted by atomic mass is 9.88. The van der Waals surface area contributed by atoms with Gasteiger partial charge in [0, 0.05) is 24.8 Å². The minimum Gasteiger partial charge on any atom is -0.478 e. The Balaban J connectivity index is 2.45. The molecule has 0 saturated carbocycles. The SMILES string of the molecule is CCOc1ccnc(NCC(N)CC(C)(C)C)n1. The fourth-order valence-electron chi connectivity index (χ4n) is 1.74. The molecule has 5 heteroatoms. The van der Waals surface area contributed by atoms with E-state index < -0.39 is 0 Å². The van der Waals surface area contributed by atoms with Crippen LogP contribution in [0, 0.1) is 5.41 Å². The second-order valence-corrected chi connectivity index (χ2v) is 5.56. The van der Waals surface area contributed by atoms with Crippen LogP contribution in [-0.4, -0.2) is 29.2 Å². The van der Waals surface area contributed by atoms with Gasteiger partial charge in [-0.1, -0.05) is 20.8 Å². The first-order chi connectivity index (χ1) is 8.40. The van der Waals surface area contributed by atoms with Crippen molar-refractivity contribution in [2.24, 2.45) is 11.1 Å². The largest absolute Gasteiger partial charge is 0.478 e. The van der Waals surface area contributed by atoms with Crippen LogP contribution in [0.4, 0.5) is 5.95 Å². The molecule has 1 heterocycles. The first kappa shape index (κ1) is 14.7. The minimum atomic E-state index is 0.0874. The third kappa shape index (κ3) is 5.82. The van der Waals surface area contributed by atoms with Crippen LogP contribution in [-0.2, 0) is 0 Å². The summed E-state index contributed by atoms with van der Waals surface area (Å²) in [6, 6.07) is 1.83. The molecule has 102 valence electrons. The maximum Gasteiger partial charge on any atom is 0.225 e. The van der Waals surface area contributed by atoms with Gasteiger partial charge < -0.3 is 15.8 Å². The van der Waals surface area contributed by atoms with Crippen molar-refractivity contribution in [2.45, 2.75) is 40.2 Å². The lowest BCUT2D eigenvalue weighted by molar-refractivity contribution is 0.326. The Kier molecular flexibility index (Phi) is 5.34. The van der Waals surface area contributed by atoms with Crippen molar-refractivity contribution in [2.75, 3.05) is 18.5 Å². The second kappa shape index (κ2) is 6.54. The maximum atomic E-state index is 6.06. The third-order valence-electron chi connectivity index (χ3n) is 2.32. The Morgan fingerprint density at radius 3 is 2.78 bits per heavy atom. The van der Waals surface area contributed by atoms with Gasteiger partial charge in [-0.25, -0.2) is 4.98 Å². The normalized spacial score (nSPS) is 13.2. The molecule has 0 aliphatic heterocycles. The van der Waals surface area contributed by atoms with Crippen molar-refractivity contribution in [3.63, 3.8) is 0 Å². The van der Waals surface area contributed by atoms with Crippen molar-refractivity contribution in [3.05, 3.63) is 12.3 Å². The molecule has 1 rings (SSSR count). The molecule has 0 aromatic carbocycles. The van der Waals surface area contributed by atoms with Gasteiger partial charge in [0.15, 0.2) is 0 Å². The monoisotopic (exact) mass is 252 g/mol. The summed E-state index contributed by atoms with van der Waals surface area (Å²) in [4.78, 5) is 8.36. The summed E-state index contributed by atoms with van der Waals surface area (Å²) in [6.45, 7) is 9.72. The molecule has 0 aliphatic carbocycles. The molecule has 0 spiro atoms. The number of rotatable bonds is 6. The Bertz CT molecular complexity index is 362. The maximum absolute atomic E-state index is 6.06. The predicted octanol–water partition coefficient (Wildman–Crippen LogP) is 2.05. The number of nitrogens with two attached hydrogens (primary N) is 1. The quantitative estimate of drug-likeness (QED) is 0.810. The van der Waals surface area contributed by atoms with Gasteiger partial charge in [0.2, 0.25) is 11.8 Å². The summed E-state index contributed by atoms with van der Waals surface area (Å²) >= 11 is 0. The molecule has 0 amide bonds. The smallest absolute Gasteiger partial charge is 0.225 e. The van der Waals surface area contributed by atoms with Gasteiger partial charge in [-0.15, -0.1) is 0 Å². The van der Waals surface area contributed by atoms with E-state index in [2.05, 4.69) is 36.1 Å². The molecule has 1 unspecified atom stereocenters. The zero-order valence-electron chi connectivity index (χ0n) is 11.7. The van der Waals surface area contributed by atoms with E-state index in [1.165, 1.54) is 0 Å². The lowest BCUT2D eigenvalue weighted by Crippen LogP contribution is -2.33. The molecule has 18 heavy (non-hydrogen) atoms. The van der Waals surface area contributed by atoms with Gasteiger partial charge in [0.1, 0.15) is 0 Å². The van der Waals surface area contributed by atoms with E-state index in [9.17, 15) is 0 Å². The fraction of sp³-hybridized carbons (Fsp3) is 0.692. The lowest BCUT2D eigenvalue weighted by Gasteiger charge is -2.23. The zero-order valence-corrected chi connectivity index (χ0v) is 11.7. The molecule has 1 aromatic heterocycles. The number of ether oxygens (including phenoxy) is 1. The van der Waals surface area contributed by atoms with Crippen LogP contribution in [0.15, 0.2) is 12.3 Å². The summed E-state index contributed by atoms with van der Waals surface area (Å²) in [7, 11) is 0. The van der Waals surface area contributed by atoms with Gasteiger partial charge >= 0.3 is 0 Å². The summed E-state index contributed by atoms with van der Waals surface area (Å²) < 4.78 is 5.31. The molecule has 1 aromatic rings. The van der Waals surface area contributed by atoms with Crippen LogP contribution in [0.25, 0.3) is 0 Å². The van der Waals surface area contributed by atoms with Gasteiger partial charge in [-0.05, 0) is 18.8 Å². The van der Waals surface area contributed by atoms with E-state index in [1.807, 2.05) is 6.92 Å². The van der Waals surface area contributed by atoms with E-state index in [0.29, 0.717) is 25.0 Å². The highest BCUT2D eigenvalue weighted by Gasteiger charge is 2.15. The highest BCUT2D eigenvalue weighted by molar-refractivity contribution is 5.27. The van der Waals surface area contributed by atoms with E-state index >= 15 is 0 Å². The van der Waals surface area contributed by atoms with Gasteiger partial charge in [0.25, 0.3) is 0 Å². The van der Waals surface area contributed by atoms with Crippen LogP contribution >= 0.6 is 0 Å². The third-order valence-corrected chi connectivity index (χ3v) is 2.32. The Hall–Kier alpha value is -1.36. The number of hydrogen-bond donors (Lipinski definition) is 2. The van der Waals surface area contributed by atoms with E-state index in [1.54, 1.807) is 12.3 Å². The highest BCUT2D eigenvalue weighted by atomic mass is 16.5. The molecule has 3 N–H and O–H groups in total. The topological polar surface area (TPSA) is 73.1 Å². The number of nitrogens with one attached hydrogen (secondary N) is 1. The minimum absolute atomic E-state index is 0.0874. The molecule has 0 fully saturated rings. The molecular formula is C13H24N4O. The van der Waals surface area contributed by atoms with Gasteiger partial charge in [0.05, 0.1) is 6.61 Å². The predicted molar refractivity (Wildman–Crippen MR) is 73.7 cm³/mol. The van der Waals surface area contributed by atoms with Crippen molar-refractivity contribution in [3.8, 4) is 5.88 Å². The van der Waals surface area contributed by atoms with Crippen LogP contribution in [0.3, 0.4) is 0 Å². The fourth-order valence-corrected chi connectivity index (χ4v) is 1.74. The standard InChI is InChI=1S/C13H24N4O/c1-5-18-11-6-7-15-12(17-11)16-9-10(14)8-13(2,3)4/h6-7,10H,5,8-9,14H2,1-4H3,(H,15,16,17). The van der Waals surface area contributed by atoms with E-state index in [4.69, 9.17) is 10.5 Å². The summed E-state index contributed by atoms with van der Waals surface area (Å²) in [5.41, 5.74) is 6.29. The Labute approximate surface area is 109 Å². The van der Waals surface area contributed by atoms with E-state index in [-0.39, 0.29) is 11.5 Å². The highest BCUT2D eigenvalue weighted by Crippen LogP contribution is 2.19. The number of aromatic nitrogens is 2. The number of anilines is 1. The van der Waals surface area contributed by atoms with Crippen molar-refractivity contribution >= 4 is 5.95 Å². The second-order valence-electron chi connectivity index (χ2n) is 5.56. The average Bonchev–Trinajstić information content (AvgIpc) is 2.25. The first-order valence-corrected chi connectivity index (χ1v) is 6.36. The van der Waals surface area contributed by atoms with Gasteiger partial charge in [-0.2, -0.15) is 4.98 Å². The van der Waals surface area contributed by atoms with Crippen LogP contribution in [0.2, 0.25) is 0 Å². The van der Waals surface area contributed by atoms with Crippen LogP contribution < -0.4 is 15.8 Å². The van der Waals surface area contributed by atoms with Crippen LogP contribution in [0.1, 0.15) is 34.1 Å².